The molecule has 0 aliphatic rings. The molecule has 0 saturated heterocycles. The van der Waals surface area contributed by atoms with Crippen molar-refractivity contribution in [2.75, 3.05) is 13.1 Å². The van der Waals surface area contributed by atoms with Crippen LogP contribution in [0.1, 0.15) is 23.6 Å². The fourth-order valence-corrected chi connectivity index (χ4v) is 2.17. The monoisotopic (exact) mass is 287 g/mol. The smallest absolute Gasteiger partial charge is 0.129 e. The molecule has 0 amide bonds. The Morgan fingerprint density at radius 1 is 1.10 bits per heavy atom. The van der Waals surface area contributed by atoms with Crippen LogP contribution in [0, 0.1) is 12.7 Å². The van der Waals surface area contributed by atoms with Gasteiger partial charge in [0.05, 0.1) is 0 Å². The molecule has 21 heavy (non-hydrogen) atoms. The Bertz CT molecular complexity index is 583. The molecule has 0 aromatic heterocycles. The third-order valence-corrected chi connectivity index (χ3v) is 3.48. The zero-order valence-electron chi connectivity index (χ0n) is 12.7. The molecular formula is C18H22FNO. The van der Waals surface area contributed by atoms with Crippen LogP contribution in [0.4, 0.5) is 4.39 Å². The van der Waals surface area contributed by atoms with E-state index in [2.05, 4.69) is 24.4 Å². The van der Waals surface area contributed by atoms with E-state index in [1.807, 2.05) is 12.1 Å². The van der Waals surface area contributed by atoms with Crippen LogP contribution in [0.2, 0.25) is 0 Å². The number of halogens is 1. The summed E-state index contributed by atoms with van der Waals surface area (Å²) in [6, 6.07) is 13.2. The van der Waals surface area contributed by atoms with Gasteiger partial charge >= 0.3 is 0 Å². The molecule has 2 nitrogen and oxygen atoms in total. The summed E-state index contributed by atoms with van der Waals surface area (Å²) in [7, 11) is 0. The number of likely N-dealkylation sites (N-methyl/N-ethyl adjacent to an activating group) is 1. The number of ether oxygens (including phenoxy) is 1. The fraction of sp³-hybridized carbons (Fsp3) is 0.333. The number of aryl methyl sites for hydroxylation is 1. The zero-order chi connectivity index (χ0) is 15.1. The van der Waals surface area contributed by atoms with Gasteiger partial charge in [-0.2, -0.15) is 0 Å². The Morgan fingerprint density at radius 3 is 2.57 bits per heavy atom. The van der Waals surface area contributed by atoms with Gasteiger partial charge in [0.25, 0.3) is 0 Å². The summed E-state index contributed by atoms with van der Waals surface area (Å²) >= 11 is 0. The van der Waals surface area contributed by atoms with Crippen molar-refractivity contribution in [3.05, 3.63) is 65.0 Å². The van der Waals surface area contributed by atoms with Crippen molar-refractivity contribution in [1.82, 2.24) is 5.32 Å². The van der Waals surface area contributed by atoms with Gasteiger partial charge in [0, 0.05) is 6.07 Å². The Hall–Kier alpha value is -1.87. The van der Waals surface area contributed by atoms with Crippen molar-refractivity contribution < 1.29 is 9.13 Å². The maximum atomic E-state index is 13.5. The molecule has 0 radical (unpaired) electrons. The summed E-state index contributed by atoms with van der Waals surface area (Å²) in [6.07, 6.45) is 0.968. The normalized spacial score (nSPS) is 10.6. The predicted octanol–water partition coefficient (Wildman–Crippen LogP) is 3.87. The van der Waals surface area contributed by atoms with Gasteiger partial charge in [0.15, 0.2) is 0 Å². The van der Waals surface area contributed by atoms with Crippen molar-refractivity contribution in [3.63, 3.8) is 0 Å². The third-order valence-electron chi connectivity index (χ3n) is 3.48. The first-order valence-electron chi connectivity index (χ1n) is 7.37. The Kier molecular flexibility index (Phi) is 5.76. The van der Waals surface area contributed by atoms with Gasteiger partial charge in [0.2, 0.25) is 0 Å². The Labute approximate surface area is 126 Å². The number of benzene rings is 2. The molecule has 0 atom stereocenters. The highest BCUT2D eigenvalue weighted by molar-refractivity contribution is 5.30. The third kappa shape index (κ3) is 4.57. The summed E-state index contributed by atoms with van der Waals surface area (Å²) in [5.41, 5.74) is 3.05. The molecule has 2 rings (SSSR count). The van der Waals surface area contributed by atoms with Gasteiger partial charge in [-0.15, -0.1) is 0 Å². The highest BCUT2D eigenvalue weighted by Gasteiger charge is 2.04. The largest absolute Gasteiger partial charge is 0.489 e. The second-order valence-corrected chi connectivity index (χ2v) is 5.07. The minimum atomic E-state index is -0.229. The van der Waals surface area contributed by atoms with E-state index in [0.717, 1.165) is 25.1 Å². The molecule has 2 aromatic rings. The molecule has 0 bridgehead atoms. The van der Waals surface area contributed by atoms with Crippen molar-refractivity contribution in [3.8, 4) is 5.75 Å². The standard InChI is InChI=1S/C18H22FNO/c1-3-20-11-10-15-6-4-5-7-16(15)13-21-17-9-8-14(2)18(19)12-17/h4-9,12,20H,3,10-11,13H2,1-2H3. The molecule has 0 heterocycles. The van der Waals surface area contributed by atoms with E-state index >= 15 is 0 Å². The average molecular weight is 287 g/mol. The SMILES string of the molecule is CCNCCc1ccccc1COc1ccc(C)c(F)c1. The van der Waals surface area contributed by atoms with E-state index in [1.165, 1.54) is 11.6 Å². The zero-order valence-corrected chi connectivity index (χ0v) is 12.7. The predicted molar refractivity (Wildman–Crippen MR) is 84.2 cm³/mol. The number of hydrogen-bond donors (Lipinski definition) is 1. The van der Waals surface area contributed by atoms with Crippen LogP contribution in [-0.2, 0) is 13.0 Å². The molecule has 112 valence electrons. The van der Waals surface area contributed by atoms with E-state index < -0.39 is 0 Å². The van der Waals surface area contributed by atoms with Crippen molar-refractivity contribution in [1.29, 1.82) is 0 Å². The molecule has 0 unspecified atom stereocenters. The maximum Gasteiger partial charge on any atom is 0.129 e. The molecule has 0 saturated carbocycles. The van der Waals surface area contributed by atoms with E-state index in [-0.39, 0.29) is 5.82 Å². The first-order chi connectivity index (χ1) is 10.2. The van der Waals surface area contributed by atoms with Crippen LogP contribution in [-0.4, -0.2) is 13.1 Å². The Morgan fingerprint density at radius 2 is 1.86 bits per heavy atom. The summed E-state index contributed by atoms with van der Waals surface area (Å²) in [6.45, 7) is 6.23. The summed E-state index contributed by atoms with van der Waals surface area (Å²) in [5, 5.41) is 3.32. The summed E-state index contributed by atoms with van der Waals surface area (Å²) in [4.78, 5) is 0. The summed E-state index contributed by atoms with van der Waals surface area (Å²) in [5.74, 6) is 0.340. The maximum absolute atomic E-state index is 13.5. The molecular weight excluding hydrogens is 265 g/mol. The molecule has 0 fully saturated rings. The highest BCUT2D eigenvalue weighted by atomic mass is 19.1. The van der Waals surface area contributed by atoms with E-state index in [9.17, 15) is 4.39 Å². The lowest BCUT2D eigenvalue weighted by Gasteiger charge is -2.12. The number of hydrogen-bond acceptors (Lipinski definition) is 2. The first kappa shape index (κ1) is 15.5. The Balaban J connectivity index is 2.00. The minimum Gasteiger partial charge on any atom is -0.489 e. The second-order valence-electron chi connectivity index (χ2n) is 5.07. The van der Waals surface area contributed by atoms with Crippen molar-refractivity contribution in [2.24, 2.45) is 0 Å². The minimum absolute atomic E-state index is 0.229. The van der Waals surface area contributed by atoms with Crippen molar-refractivity contribution >= 4 is 0 Å². The van der Waals surface area contributed by atoms with Crippen LogP contribution in [0.3, 0.4) is 0 Å². The van der Waals surface area contributed by atoms with Crippen molar-refractivity contribution in [2.45, 2.75) is 26.9 Å². The van der Waals surface area contributed by atoms with Crippen LogP contribution in [0.25, 0.3) is 0 Å². The van der Waals surface area contributed by atoms with Gasteiger partial charge in [-0.05, 0) is 49.2 Å². The fourth-order valence-electron chi connectivity index (χ4n) is 2.17. The first-order valence-corrected chi connectivity index (χ1v) is 7.37. The number of nitrogens with one attached hydrogen (secondary N) is 1. The molecule has 2 aromatic carbocycles. The topological polar surface area (TPSA) is 21.3 Å². The quantitative estimate of drug-likeness (QED) is 0.781. The van der Waals surface area contributed by atoms with E-state index in [1.54, 1.807) is 19.1 Å². The van der Waals surface area contributed by atoms with Gasteiger partial charge in [-0.25, -0.2) is 4.39 Å². The average Bonchev–Trinajstić information content (AvgIpc) is 2.50. The van der Waals surface area contributed by atoms with Crippen LogP contribution in [0.15, 0.2) is 42.5 Å². The molecule has 1 N–H and O–H groups in total. The van der Waals surface area contributed by atoms with Crippen LogP contribution in [0.5, 0.6) is 5.75 Å². The molecule has 3 heteroatoms. The lowest BCUT2D eigenvalue weighted by atomic mass is 10.1. The van der Waals surface area contributed by atoms with Gasteiger partial charge in [0.1, 0.15) is 18.2 Å². The van der Waals surface area contributed by atoms with Gasteiger partial charge in [-0.1, -0.05) is 37.3 Å². The lowest BCUT2D eigenvalue weighted by Crippen LogP contribution is -2.17. The van der Waals surface area contributed by atoms with Crippen LogP contribution >= 0.6 is 0 Å². The lowest BCUT2D eigenvalue weighted by molar-refractivity contribution is 0.303. The molecule has 0 spiro atoms. The van der Waals surface area contributed by atoms with Gasteiger partial charge in [-0.3, -0.25) is 0 Å². The molecule has 0 aliphatic carbocycles. The summed E-state index contributed by atoms with van der Waals surface area (Å²) < 4.78 is 19.2. The second kappa shape index (κ2) is 7.79. The highest BCUT2D eigenvalue weighted by Crippen LogP contribution is 2.18. The van der Waals surface area contributed by atoms with E-state index in [0.29, 0.717) is 17.9 Å². The van der Waals surface area contributed by atoms with Crippen LogP contribution < -0.4 is 10.1 Å². The van der Waals surface area contributed by atoms with E-state index in [4.69, 9.17) is 4.74 Å². The molecule has 0 aliphatic heterocycles. The number of rotatable bonds is 7. The van der Waals surface area contributed by atoms with Gasteiger partial charge < -0.3 is 10.1 Å².